The van der Waals surface area contributed by atoms with Gasteiger partial charge in [0.2, 0.25) is 6.41 Å². The van der Waals surface area contributed by atoms with E-state index in [0.29, 0.717) is 17.2 Å². The Kier molecular flexibility index (Phi) is 4.90. The monoisotopic (exact) mass is 450 g/mol. The van der Waals surface area contributed by atoms with Gasteiger partial charge in [0.1, 0.15) is 17.3 Å². The fourth-order valence-electron chi connectivity index (χ4n) is 3.64. The van der Waals surface area contributed by atoms with Gasteiger partial charge in [0, 0.05) is 23.3 Å². The summed E-state index contributed by atoms with van der Waals surface area (Å²) in [5, 5.41) is 0.892. The molecule has 2 heterocycles. The molecule has 0 atom stereocenters. The third-order valence-corrected chi connectivity index (χ3v) is 6.77. The molecular weight excluding hydrogens is 431 g/mol. The highest BCUT2D eigenvalue weighted by Gasteiger charge is 2.30. The van der Waals surface area contributed by atoms with Crippen LogP contribution in [0.25, 0.3) is 22.2 Å². The van der Waals surface area contributed by atoms with Gasteiger partial charge in [-0.05, 0) is 66.4 Å². The zero-order valence-corrected chi connectivity index (χ0v) is 17.6. The summed E-state index contributed by atoms with van der Waals surface area (Å²) in [5.74, 6) is -0.0499. The fraction of sp³-hybridized carbons (Fsp3) is 0.130. The summed E-state index contributed by atoms with van der Waals surface area (Å²) in [4.78, 5) is 20.8. The van der Waals surface area contributed by atoms with E-state index in [2.05, 4.69) is 14.7 Å². The second kappa shape index (κ2) is 7.76. The number of halogens is 1. The van der Waals surface area contributed by atoms with E-state index in [1.807, 2.05) is 12.1 Å². The van der Waals surface area contributed by atoms with Crippen molar-refractivity contribution in [1.29, 1.82) is 0 Å². The number of sulfonamides is 1. The number of carbonyl (C=O) groups excluding carboxylic acids is 1. The molecule has 0 bridgehead atoms. The van der Waals surface area contributed by atoms with Crippen molar-refractivity contribution in [3.05, 3.63) is 72.7 Å². The first kappa shape index (κ1) is 20.2. The van der Waals surface area contributed by atoms with Gasteiger partial charge >= 0.3 is 0 Å². The Hall–Kier alpha value is -3.72. The normalized spacial score (nSPS) is 13.8. The third-order valence-electron chi connectivity index (χ3n) is 5.39. The summed E-state index contributed by atoms with van der Waals surface area (Å²) in [6.45, 7) is 0. The number of amides is 1. The Morgan fingerprint density at radius 3 is 2.56 bits per heavy atom. The Labute approximate surface area is 184 Å². The average molecular weight is 450 g/mol. The molecule has 0 aliphatic heterocycles. The van der Waals surface area contributed by atoms with Crippen molar-refractivity contribution >= 4 is 39.0 Å². The Morgan fingerprint density at radius 1 is 1.09 bits per heavy atom. The molecule has 0 unspecified atom stereocenters. The van der Waals surface area contributed by atoms with Gasteiger partial charge in [-0.1, -0.05) is 18.2 Å². The highest BCUT2D eigenvalue weighted by molar-refractivity contribution is 7.92. The SMILES string of the molecule is O=CN(c1cc(-c2ccc(NS(=O)(=O)c3cccc(F)c3)cc2)c2cc[nH]c2n1)C1CC1. The number of rotatable bonds is 7. The Morgan fingerprint density at radius 2 is 1.88 bits per heavy atom. The van der Waals surface area contributed by atoms with Crippen molar-refractivity contribution in [2.75, 3.05) is 9.62 Å². The van der Waals surface area contributed by atoms with E-state index in [4.69, 9.17) is 0 Å². The number of aromatic nitrogens is 2. The van der Waals surface area contributed by atoms with Gasteiger partial charge in [0.25, 0.3) is 10.0 Å². The molecule has 32 heavy (non-hydrogen) atoms. The first-order chi connectivity index (χ1) is 15.4. The van der Waals surface area contributed by atoms with Crippen molar-refractivity contribution in [3.8, 4) is 11.1 Å². The first-order valence-corrected chi connectivity index (χ1v) is 11.5. The average Bonchev–Trinajstić information content (AvgIpc) is 3.50. The van der Waals surface area contributed by atoms with Crippen LogP contribution in [0.1, 0.15) is 12.8 Å². The molecule has 0 saturated heterocycles. The van der Waals surface area contributed by atoms with E-state index < -0.39 is 15.8 Å². The summed E-state index contributed by atoms with van der Waals surface area (Å²) in [7, 11) is -3.91. The Balaban J connectivity index is 1.47. The molecular formula is C23H19FN4O3S. The molecule has 1 aliphatic carbocycles. The molecule has 5 rings (SSSR count). The molecule has 1 fully saturated rings. The topological polar surface area (TPSA) is 95.2 Å². The number of hydrogen-bond donors (Lipinski definition) is 2. The van der Waals surface area contributed by atoms with Crippen LogP contribution < -0.4 is 9.62 Å². The summed E-state index contributed by atoms with van der Waals surface area (Å²) < 4.78 is 41.0. The minimum Gasteiger partial charge on any atom is -0.346 e. The summed E-state index contributed by atoms with van der Waals surface area (Å²) in [6, 6.07) is 15.7. The molecule has 0 spiro atoms. The first-order valence-electron chi connectivity index (χ1n) is 10.1. The number of nitrogens with zero attached hydrogens (tertiary/aromatic N) is 2. The number of hydrogen-bond acceptors (Lipinski definition) is 4. The standard InChI is InChI=1S/C23H19FN4O3S/c24-16-2-1-3-19(12-16)32(30,31)27-17-6-4-15(5-7-17)21-13-22(28(14-29)18-8-9-18)26-23-20(21)10-11-25-23/h1-7,10-14,18,27H,8-9H2,(H,25,26). The maximum atomic E-state index is 13.4. The second-order valence-electron chi connectivity index (χ2n) is 7.65. The summed E-state index contributed by atoms with van der Waals surface area (Å²) in [5.41, 5.74) is 2.73. The minimum atomic E-state index is -3.91. The van der Waals surface area contributed by atoms with Gasteiger partial charge in [-0.2, -0.15) is 0 Å². The number of fused-ring (bicyclic) bond motifs is 1. The lowest BCUT2D eigenvalue weighted by molar-refractivity contribution is -0.107. The van der Waals surface area contributed by atoms with Crippen LogP contribution in [0, 0.1) is 5.82 Å². The Bertz CT molecular complexity index is 1410. The smallest absolute Gasteiger partial charge is 0.261 e. The summed E-state index contributed by atoms with van der Waals surface area (Å²) in [6.07, 6.45) is 4.51. The van der Waals surface area contributed by atoms with Gasteiger partial charge in [-0.15, -0.1) is 0 Å². The van der Waals surface area contributed by atoms with Crippen LogP contribution in [0.4, 0.5) is 15.9 Å². The lowest BCUT2D eigenvalue weighted by Gasteiger charge is -2.17. The molecule has 7 nitrogen and oxygen atoms in total. The van der Waals surface area contributed by atoms with Crippen molar-refractivity contribution in [3.63, 3.8) is 0 Å². The zero-order valence-electron chi connectivity index (χ0n) is 16.8. The van der Waals surface area contributed by atoms with Crippen LogP contribution >= 0.6 is 0 Å². The lowest BCUT2D eigenvalue weighted by Crippen LogP contribution is -2.24. The van der Waals surface area contributed by atoms with E-state index in [0.717, 1.165) is 41.8 Å². The predicted molar refractivity (Wildman–Crippen MR) is 120 cm³/mol. The van der Waals surface area contributed by atoms with E-state index in [1.54, 1.807) is 35.4 Å². The van der Waals surface area contributed by atoms with Crippen molar-refractivity contribution in [2.45, 2.75) is 23.8 Å². The van der Waals surface area contributed by atoms with Gasteiger partial charge in [-0.25, -0.2) is 17.8 Å². The molecule has 162 valence electrons. The number of carbonyl (C=O) groups is 1. The number of benzene rings is 2. The highest BCUT2D eigenvalue weighted by atomic mass is 32.2. The van der Waals surface area contributed by atoms with Gasteiger partial charge < -0.3 is 4.98 Å². The van der Waals surface area contributed by atoms with Gasteiger partial charge in [0.05, 0.1) is 4.90 Å². The van der Waals surface area contributed by atoms with E-state index >= 15 is 0 Å². The third kappa shape index (κ3) is 3.82. The van der Waals surface area contributed by atoms with E-state index in [1.165, 1.54) is 18.2 Å². The molecule has 4 aromatic rings. The fourth-order valence-corrected chi connectivity index (χ4v) is 4.73. The van der Waals surface area contributed by atoms with E-state index in [-0.39, 0.29) is 10.9 Å². The number of nitrogens with one attached hydrogen (secondary N) is 2. The number of anilines is 2. The molecule has 1 aliphatic rings. The lowest BCUT2D eigenvalue weighted by atomic mass is 10.0. The molecule has 1 amide bonds. The van der Waals surface area contributed by atoms with Crippen LogP contribution in [0.5, 0.6) is 0 Å². The summed E-state index contributed by atoms with van der Waals surface area (Å²) >= 11 is 0. The largest absolute Gasteiger partial charge is 0.346 e. The zero-order chi connectivity index (χ0) is 22.3. The van der Waals surface area contributed by atoms with Crippen LogP contribution in [0.15, 0.2) is 71.8 Å². The molecule has 2 aromatic carbocycles. The maximum absolute atomic E-state index is 13.4. The predicted octanol–water partition coefficient (Wildman–Crippen LogP) is 4.30. The molecule has 1 saturated carbocycles. The van der Waals surface area contributed by atoms with Crippen LogP contribution in [-0.4, -0.2) is 30.8 Å². The maximum Gasteiger partial charge on any atom is 0.261 e. The number of H-pyrrole nitrogens is 1. The second-order valence-corrected chi connectivity index (χ2v) is 9.33. The minimum absolute atomic E-state index is 0.150. The van der Waals surface area contributed by atoms with Crippen molar-refractivity contribution in [1.82, 2.24) is 9.97 Å². The number of pyridine rings is 1. The molecule has 9 heteroatoms. The molecule has 0 radical (unpaired) electrons. The van der Waals surface area contributed by atoms with Gasteiger partial charge in [-0.3, -0.25) is 14.4 Å². The van der Waals surface area contributed by atoms with Crippen LogP contribution in [0.2, 0.25) is 0 Å². The highest BCUT2D eigenvalue weighted by Crippen LogP contribution is 2.35. The molecule has 2 N–H and O–H groups in total. The van der Waals surface area contributed by atoms with Gasteiger partial charge in [0.15, 0.2) is 0 Å². The van der Waals surface area contributed by atoms with Crippen molar-refractivity contribution in [2.24, 2.45) is 0 Å². The van der Waals surface area contributed by atoms with Crippen molar-refractivity contribution < 1.29 is 17.6 Å². The van der Waals surface area contributed by atoms with E-state index in [9.17, 15) is 17.6 Å². The van der Waals surface area contributed by atoms with Crippen LogP contribution in [0.3, 0.4) is 0 Å². The molecule has 2 aromatic heterocycles. The quantitative estimate of drug-likeness (QED) is 0.411. The van der Waals surface area contributed by atoms with Crippen LogP contribution in [-0.2, 0) is 14.8 Å². The number of aromatic amines is 1.